The summed E-state index contributed by atoms with van der Waals surface area (Å²) in [6.07, 6.45) is 0. The molecule has 102 valence electrons. The van der Waals surface area contributed by atoms with Crippen molar-refractivity contribution in [1.29, 1.82) is 0 Å². The normalized spacial score (nSPS) is 9.53. The van der Waals surface area contributed by atoms with Crippen LogP contribution in [0, 0.1) is 0 Å². The molecule has 1 aromatic rings. The lowest BCUT2D eigenvalue weighted by atomic mass is 10.2. The Hall–Kier alpha value is -2.77. The van der Waals surface area contributed by atoms with Crippen molar-refractivity contribution in [3.05, 3.63) is 23.8 Å². The Kier molecular flexibility index (Phi) is 4.69. The van der Waals surface area contributed by atoms with Gasteiger partial charge >= 0.3 is 18.0 Å². The number of phenolic OH excluding ortho intramolecular Hbond substituents is 1. The Morgan fingerprint density at radius 2 is 2.00 bits per heavy atom. The van der Waals surface area contributed by atoms with Gasteiger partial charge in [-0.05, 0) is 18.2 Å². The first-order valence-corrected chi connectivity index (χ1v) is 5.12. The first-order valence-electron chi connectivity index (χ1n) is 5.12. The van der Waals surface area contributed by atoms with Crippen molar-refractivity contribution in [2.45, 2.75) is 0 Å². The number of carboxylic acid groups (broad SMARTS) is 1. The molecule has 1 aromatic carbocycles. The van der Waals surface area contributed by atoms with E-state index < -0.39 is 23.7 Å². The van der Waals surface area contributed by atoms with E-state index in [9.17, 15) is 19.5 Å². The van der Waals surface area contributed by atoms with Gasteiger partial charge in [-0.1, -0.05) is 0 Å². The number of phenols is 1. The van der Waals surface area contributed by atoms with E-state index in [1.807, 2.05) is 0 Å². The number of benzene rings is 1. The first kappa shape index (κ1) is 14.3. The summed E-state index contributed by atoms with van der Waals surface area (Å²) in [7, 11) is 1.18. The summed E-state index contributed by atoms with van der Waals surface area (Å²) in [6.45, 7) is -0.323. The van der Waals surface area contributed by atoms with E-state index in [0.717, 1.165) is 6.07 Å². The summed E-state index contributed by atoms with van der Waals surface area (Å²) >= 11 is 0. The van der Waals surface area contributed by atoms with Crippen molar-refractivity contribution in [3.8, 4) is 5.75 Å². The lowest BCUT2D eigenvalue weighted by Crippen LogP contribution is -2.33. The maximum absolute atomic E-state index is 11.3. The third-order valence-corrected chi connectivity index (χ3v) is 2.11. The minimum atomic E-state index is -1.20. The van der Waals surface area contributed by atoms with Crippen LogP contribution in [-0.2, 0) is 9.53 Å². The number of urea groups is 1. The number of carbonyl (C=O) groups is 3. The molecule has 0 saturated heterocycles. The number of hydrogen-bond donors (Lipinski definition) is 4. The Balaban J connectivity index is 2.64. The van der Waals surface area contributed by atoms with Crippen LogP contribution in [0.25, 0.3) is 0 Å². The number of methoxy groups -OCH3 is 1. The molecule has 19 heavy (non-hydrogen) atoms. The molecule has 0 fully saturated rings. The monoisotopic (exact) mass is 268 g/mol. The van der Waals surface area contributed by atoms with Crippen LogP contribution >= 0.6 is 0 Å². The van der Waals surface area contributed by atoms with E-state index in [2.05, 4.69) is 15.4 Å². The van der Waals surface area contributed by atoms with Gasteiger partial charge in [0, 0.05) is 0 Å². The molecule has 0 aromatic heterocycles. The van der Waals surface area contributed by atoms with Gasteiger partial charge in [0.15, 0.2) is 0 Å². The van der Waals surface area contributed by atoms with Crippen LogP contribution in [0.5, 0.6) is 5.75 Å². The number of ether oxygens (including phenoxy) is 1. The van der Waals surface area contributed by atoms with Gasteiger partial charge in [-0.15, -0.1) is 0 Å². The molecule has 0 atom stereocenters. The van der Waals surface area contributed by atoms with Crippen LogP contribution in [0.3, 0.4) is 0 Å². The Labute approximate surface area is 108 Å². The number of carboxylic acids is 1. The minimum Gasteiger partial charge on any atom is -0.506 e. The number of nitrogens with one attached hydrogen (secondary N) is 2. The summed E-state index contributed by atoms with van der Waals surface area (Å²) in [5.74, 6) is -2.22. The van der Waals surface area contributed by atoms with E-state index in [1.165, 1.54) is 19.2 Å². The number of aromatic hydroxyl groups is 1. The van der Waals surface area contributed by atoms with Crippen molar-refractivity contribution >= 4 is 23.7 Å². The topological polar surface area (TPSA) is 125 Å². The number of carbonyl (C=O) groups excluding carboxylic acids is 2. The highest BCUT2D eigenvalue weighted by Gasteiger charge is 2.10. The van der Waals surface area contributed by atoms with E-state index in [-0.39, 0.29) is 17.8 Å². The van der Waals surface area contributed by atoms with Gasteiger partial charge < -0.3 is 25.6 Å². The van der Waals surface area contributed by atoms with E-state index in [0.29, 0.717) is 0 Å². The maximum Gasteiger partial charge on any atom is 0.335 e. The maximum atomic E-state index is 11.3. The summed E-state index contributed by atoms with van der Waals surface area (Å²) in [4.78, 5) is 32.8. The molecule has 8 nitrogen and oxygen atoms in total. The lowest BCUT2D eigenvalue weighted by molar-refractivity contribution is -0.139. The molecule has 4 N–H and O–H groups in total. The number of aromatic carboxylic acids is 1. The average molecular weight is 268 g/mol. The molecule has 0 aliphatic rings. The molecule has 8 heteroatoms. The number of anilines is 1. The van der Waals surface area contributed by atoms with E-state index in [4.69, 9.17) is 5.11 Å². The Morgan fingerprint density at radius 1 is 1.32 bits per heavy atom. The first-order chi connectivity index (χ1) is 8.93. The molecule has 0 aliphatic carbocycles. The summed E-state index contributed by atoms with van der Waals surface area (Å²) in [5.41, 5.74) is -0.0922. The van der Waals surface area contributed by atoms with Gasteiger partial charge in [0.2, 0.25) is 0 Å². The van der Waals surface area contributed by atoms with E-state index >= 15 is 0 Å². The van der Waals surface area contributed by atoms with Gasteiger partial charge in [-0.3, -0.25) is 4.79 Å². The minimum absolute atomic E-state index is 0.0207. The zero-order valence-corrected chi connectivity index (χ0v) is 9.97. The molecule has 0 saturated carbocycles. The third kappa shape index (κ3) is 4.19. The van der Waals surface area contributed by atoms with Crippen molar-refractivity contribution in [3.63, 3.8) is 0 Å². The standard InChI is InChI=1S/C11H12N2O6/c1-19-9(15)5-12-11(18)13-7-3-2-6(10(16)17)4-8(7)14/h2-4,14H,5H2,1H3,(H,16,17)(H2,12,13,18). The predicted octanol–water partition coefficient (Wildman–Crippen LogP) is 0.385. The van der Waals surface area contributed by atoms with Crippen LogP contribution < -0.4 is 10.6 Å². The van der Waals surface area contributed by atoms with Crippen molar-refractivity contribution < 1.29 is 29.3 Å². The highest BCUT2D eigenvalue weighted by molar-refractivity contribution is 5.94. The van der Waals surface area contributed by atoms with Gasteiger partial charge in [0.25, 0.3) is 0 Å². The van der Waals surface area contributed by atoms with Crippen molar-refractivity contribution in [2.75, 3.05) is 19.0 Å². The fraction of sp³-hybridized carbons (Fsp3) is 0.182. The second kappa shape index (κ2) is 6.24. The lowest BCUT2D eigenvalue weighted by Gasteiger charge is -2.08. The molecule has 2 amide bonds. The Bertz CT molecular complexity index is 514. The zero-order valence-electron chi connectivity index (χ0n) is 9.97. The molecular weight excluding hydrogens is 256 g/mol. The molecule has 1 rings (SSSR count). The van der Waals surface area contributed by atoms with Crippen LogP contribution in [0.15, 0.2) is 18.2 Å². The molecule has 0 aliphatic heterocycles. The van der Waals surface area contributed by atoms with Gasteiger partial charge in [0.1, 0.15) is 12.3 Å². The highest BCUT2D eigenvalue weighted by atomic mass is 16.5. The van der Waals surface area contributed by atoms with Gasteiger partial charge in [0.05, 0.1) is 18.4 Å². The third-order valence-electron chi connectivity index (χ3n) is 2.11. The molecule has 0 unspecified atom stereocenters. The number of esters is 1. The summed E-state index contributed by atoms with van der Waals surface area (Å²) < 4.78 is 4.32. The Morgan fingerprint density at radius 3 is 2.53 bits per heavy atom. The van der Waals surface area contributed by atoms with Crippen LogP contribution in [-0.4, -0.2) is 41.8 Å². The number of amides is 2. The van der Waals surface area contributed by atoms with Crippen LogP contribution in [0.2, 0.25) is 0 Å². The second-order valence-electron chi connectivity index (χ2n) is 3.42. The smallest absolute Gasteiger partial charge is 0.335 e. The summed E-state index contributed by atoms with van der Waals surface area (Å²) in [6, 6.07) is 2.72. The van der Waals surface area contributed by atoms with E-state index in [1.54, 1.807) is 0 Å². The quantitative estimate of drug-likeness (QED) is 0.462. The molecule has 0 bridgehead atoms. The predicted molar refractivity (Wildman–Crippen MR) is 64.1 cm³/mol. The van der Waals surface area contributed by atoms with Crippen molar-refractivity contribution in [2.24, 2.45) is 0 Å². The number of rotatable bonds is 4. The van der Waals surface area contributed by atoms with Gasteiger partial charge in [-0.25, -0.2) is 9.59 Å². The SMILES string of the molecule is COC(=O)CNC(=O)Nc1ccc(C(=O)O)cc1O. The molecule has 0 heterocycles. The molecular formula is C11H12N2O6. The van der Waals surface area contributed by atoms with Crippen LogP contribution in [0.1, 0.15) is 10.4 Å². The summed E-state index contributed by atoms with van der Waals surface area (Å²) in [5, 5.41) is 22.7. The number of hydrogen-bond acceptors (Lipinski definition) is 5. The van der Waals surface area contributed by atoms with Crippen molar-refractivity contribution in [1.82, 2.24) is 5.32 Å². The average Bonchev–Trinajstić information content (AvgIpc) is 2.38. The largest absolute Gasteiger partial charge is 0.506 e. The molecule has 0 radical (unpaired) electrons. The second-order valence-corrected chi connectivity index (χ2v) is 3.42. The fourth-order valence-electron chi connectivity index (χ4n) is 1.16. The highest BCUT2D eigenvalue weighted by Crippen LogP contribution is 2.24. The zero-order chi connectivity index (χ0) is 14.4. The van der Waals surface area contributed by atoms with Crippen LogP contribution in [0.4, 0.5) is 10.5 Å². The fourth-order valence-corrected chi connectivity index (χ4v) is 1.16. The van der Waals surface area contributed by atoms with Gasteiger partial charge in [-0.2, -0.15) is 0 Å². The molecule has 0 spiro atoms.